The predicted octanol–water partition coefficient (Wildman–Crippen LogP) is 4.36. The van der Waals surface area contributed by atoms with Crippen LogP contribution in [0.15, 0.2) is 34.8 Å². The van der Waals surface area contributed by atoms with Crippen molar-refractivity contribution in [3.8, 4) is 11.5 Å². The van der Waals surface area contributed by atoms with Gasteiger partial charge in [-0.15, -0.1) is 0 Å². The van der Waals surface area contributed by atoms with Crippen molar-refractivity contribution < 1.29 is 27.8 Å². The lowest BCUT2D eigenvalue weighted by Gasteiger charge is -2.09. The van der Waals surface area contributed by atoms with Gasteiger partial charge in [0.25, 0.3) is 0 Å². The summed E-state index contributed by atoms with van der Waals surface area (Å²) in [6.07, 6.45) is 0. The van der Waals surface area contributed by atoms with Crippen molar-refractivity contribution in [3.05, 3.63) is 57.8 Å². The predicted molar refractivity (Wildman–Crippen MR) is 67.5 cm³/mol. The van der Waals surface area contributed by atoms with Crippen LogP contribution in [-0.4, -0.2) is 11.1 Å². The lowest BCUT2D eigenvalue weighted by molar-refractivity contribution is 0.0695. The lowest BCUT2D eigenvalue weighted by atomic mass is 10.2. The number of carbonyl (C=O) groups is 1. The zero-order valence-electron chi connectivity index (χ0n) is 9.66. The van der Waals surface area contributed by atoms with E-state index >= 15 is 0 Å². The third-order valence-corrected chi connectivity index (χ3v) is 2.76. The molecule has 0 spiro atoms. The van der Waals surface area contributed by atoms with Crippen LogP contribution in [0.4, 0.5) is 13.2 Å². The number of halogens is 4. The molecule has 20 heavy (non-hydrogen) atoms. The Balaban J connectivity index is 2.41. The van der Waals surface area contributed by atoms with Gasteiger partial charge in [-0.3, -0.25) is 0 Å². The SMILES string of the molecule is O=C(O)c1cc(F)c(Oc2cc(F)cc(Br)c2)c(F)c1. The van der Waals surface area contributed by atoms with Gasteiger partial charge >= 0.3 is 5.97 Å². The molecule has 0 aliphatic heterocycles. The highest BCUT2D eigenvalue weighted by Gasteiger charge is 2.17. The normalized spacial score (nSPS) is 10.4. The topological polar surface area (TPSA) is 46.5 Å². The monoisotopic (exact) mass is 346 g/mol. The molecule has 1 N–H and O–H groups in total. The standard InChI is InChI=1S/C13H6BrF3O3/c14-7-3-8(15)5-9(4-7)20-12-10(16)1-6(13(18)19)2-11(12)17/h1-5H,(H,18,19). The van der Waals surface area contributed by atoms with Gasteiger partial charge in [0, 0.05) is 10.5 Å². The van der Waals surface area contributed by atoms with Gasteiger partial charge in [0.1, 0.15) is 11.6 Å². The molecule has 0 aliphatic carbocycles. The average Bonchev–Trinajstić information content (AvgIpc) is 2.32. The molecule has 0 fully saturated rings. The fourth-order valence-electron chi connectivity index (χ4n) is 1.49. The Bertz CT molecular complexity index is 645. The zero-order valence-corrected chi connectivity index (χ0v) is 11.2. The molecule has 0 aromatic heterocycles. The van der Waals surface area contributed by atoms with Crippen LogP contribution in [0.1, 0.15) is 10.4 Å². The van der Waals surface area contributed by atoms with Gasteiger partial charge in [-0.1, -0.05) is 15.9 Å². The highest BCUT2D eigenvalue weighted by atomic mass is 79.9. The molecule has 0 radical (unpaired) electrons. The van der Waals surface area contributed by atoms with Crippen molar-refractivity contribution in [1.29, 1.82) is 0 Å². The van der Waals surface area contributed by atoms with E-state index in [1.807, 2.05) is 0 Å². The summed E-state index contributed by atoms with van der Waals surface area (Å²) in [6.45, 7) is 0. The van der Waals surface area contributed by atoms with Gasteiger partial charge in [0.2, 0.25) is 0 Å². The molecule has 0 heterocycles. The highest BCUT2D eigenvalue weighted by Crippen LogP contribution is 2.30. The molecule has 104 valence electrons. The Morgan fingerprint density at radius 1 is 1.05 bits per heavy atom. The van der Waals surface area contributed by atoms with Gasteiger partial charge in [0.15, 0.2) is 17.4 Å². The first-order valence-corrected chi connectivity index (χ1v) is 6.02. The van der Waals surface area contributed by atoms with E-state index in [4.69, 9.17) is 9.84 Å². The summed E-state index contributed by atoms with van der Waals surface area (Å²) in [7, 11) is 0. The molecule has 7 heteroatoms. The molecule has 2 aromatic rings. The Morgan fingerprint density at radius 3 is 2.15 bits per heavy atom. The Labute approximate surface area is 119 Å². The number of carboxylic acids is 1. The molecule has 0 aliphatic rings. The van der Waals surface area contributed by atoms with Crippen LogP contribution in [0, 0.1) is 17.5 Å². The highest BCUT2D eigenvalue weighted by molar-refractivity contribution is 9.10. The van der Waals surface area contributed by atoms with Crippen molar-refractivity contribution >= 4 is 21.9 Å². The van der Waals surface area contributed by atoms with Crippen LogP contribution >= 0.6 is 15.9 Å². The summed E-state index contributed by atoms with van der Waals surface area (Å²) < 4.78 is 45.6. The van der Waals surface area contributed by atoms with E-state index < -0.39 is 34.7 Å². The summed E-state index contributed by atoms with van der Waals surface area (Å²) >= 11 is 3.01. The second-order valence-corrected chi connectivity index (χ2v) is 4.70. The first kappa shape index (κ1) is 14.4. The average molecular weight is 347 g/mol. The fraction of sp³-hybridized carbons (Fsp3) is 0. The number of aromatic carboxylic acids is 1. The summed E-state index contributed by atoms with van der Waals surface area (Å²) in [5.74, 6) is -5.43. The molecule has 0 amide bonds. The fourth-order valence-corrected chi connectivity index (χ4v) is 1.93. The van der Waals surface area contributed by atoms with Crippen LogP contribution in [0.5, 0.6) is 11.5 Å². The maximum absolute atomic E-state index is 13.6. The molecule has 0 saturated heterocycles. The van der Waals surface area contributed by atoms with Crippen LogP contribution in [0.2, 0.25) is 0 Å². The number of benzene rings is 2. The van der Waals surface area contributed by atoms with E-state index in [1.54, 1.807) is 0 Å². The smallest absolute Gasteiger partial charge is 0.335 e. The molecule has 3 nitrogen and oxygen atoms in total. The number of hydrogen-bond acceptors (Lipinski definition) is 2. The summed E-state index contributed by atoms with van der Waals surface area (Å²) in [5.41, 5.74) is -0.548. The molecule has 2 rings (SSSR count). The number of hydrogen-bond donors (Lipinski definition) is 1. The van der Waals surface area contributed by atoms with Crippen LogP contribution in [-0.2, 0) is 0 Å². The van der Waals surface area contributed by atoms with Crippen LogP contribution < -0.4 is 4.74 Å². The van der Waals surface area contributed by atoms with Gasteiger partial charge in [-0.25, -0.2) is 18.0 Å². The van der Waals surface area contributed by atoms with E-state index in [9.17, 15) is 18.0 Å². The lowest BCUT2D eigenvalue weighted by Crippen LogP contribution is -2.01. The second kappa shape index (κ2) is 5.54. The first-order chi connectivity index (χ1) is 9.36. The van der Waals surface area contributed by atoms with Crippen molar-refractivity contribution in [1.82, 2.24) is 0 Å². The number of ether oxygens (including phenoxy) is 1. The van der Waals surface area contributed by atoms with Crippen molar-refractivity contribution in [2.24, 2.45) is 0 Å². The number of carboxylic acid groups (broad SMARTS) is 1. The molecule has 0 unspecified atom stereocenters. The summed E-state index contributed by atoms with van der Waals surface area (Å²) in [5, 5.41) is 8.66. The second-order valence-electron chi connectivity index (χ2n) is 3.78. The minimum atomic E-state index is -1.47. The van der Waals surface area contributed by atoms with E-state index in [-0.39, 0.29) is 5.75 Å². The van der Waals surface area contributed by atoms with E-state index in [0.29, 0.717) is 16.6 Å². The maximum atomic E-state index is 13.6. The minimum Gasteiger partial charge on any atom is -0.478 e. The third-order valence-electron chi connectivity index (χ3n) is 2.30. The van der Waals surface area contributed by atoms with Crippen LogP contribution in [0.25, 0.3) is 0 Å². The van der Waals surface area contributed by atoms with Gasteiger partial charge in [0.05, 0.1) is 5.56 Å². The first-order valence-electron chi connectivity index (χ1n) is 5.23. The van der Waals surface area contributed by atoms with Gasteiger partial charge < -0.3 is 9.84 Å². The van der Waals surface area contributed by atoms with Gasteiger partial charge in [-0.05, 0) is 24.3 Å². The van der Waals surface area contributed by atoms with Crippen molar-refractivity contribution in [3.63, 3.8) is 0 Å². The number of rotatable bonds is 3. The Morgan fingerprint density at radius 2 is 1.65 bits per heavy atom. The maximum Gasteiger partial charge on any atom is 0.335 e. The van der Waals surface area contributed by atoms with Crippen LogP contribution in [0.3, 0.4) is 0 Å². The summed E-state index contributed by atoms with van der Waals surface area (Å²) in [6, 6.07) is 4.64. The van der Waals surface area contributed by atoms with E-state index in [0.717, 1.165) is 12.1 Å². The largest absolute Gasteiger partial charge is 0.478 e. The Hall–Kier alpha value is -2.02. The Kier molecular flexibility index (Phi) is 3.99. The molecule has 2 aromatic carbocycles. The third kappa shape index (κ3) is 3.11. The quantitative estimate of drug-likeness (QED) is 0.898. The van der Waals surface area contributed by atoms with E-state index in [2.05, 4.69) is 15.9 Å². The van der Waals surface area contributed by atoms with Crippen molar-refractivity contribution in [2.45, 2.75) is 0 Å². The minimum absolute atomic E-state index is 0.127. The van der Waals surface area contributed by atoms with Crippen molar-refractivity contribution in [2.75, 3.05) is 0 Å². The molecule has 0 saturated carbocycles. The van der Waals surface area contributed by atoms with Gasteiger partial charge in [-0.2, -0.15) is 0 Å². The molecular formula is C13H6BrF3O3. The molecular weight excluding hydrogens is 341 g/mol. The zero-order chi connectivity index (χ0) is 14.9. The molecule has 0 bridgehead atoms. The van der Waals surface area contributed by atoms with E-state index in [1.165, 1.54) is 6.07 Å². The summed E-state index contributed by atoms with van der Waals surface area (Å²) in [4.78, 5) is 10.6. The molecule has 0 atom stereocenters.